The molecule has 1 aromatic heterocycles. The van der Waals surface area contributed by atoms with E-state index in [0.717, 1.165) is 27.5 Å². The van der Waals surface area contributed by atoms with Gasteiger partial charge in [-0.1, -0.05) is 45.7 Å². The third-order valence-electron chi connectivity index (χ3n) is 3.36. The van der Waals surface area contributed by atoms with E-state index >= 15 is 0 Å². The van der Waals surface area contributed by atoms with Gasteiger partial charge in [0.05, 0.1) is 12.1 Å². The van der Waals surface area contributed by atoms with Gasteiger partial charge >= 0.3 is 0 Å². The Hall–Kier alpha value is -1.29. The van der Waals surface area contributed by atoms with Gasteiger partial charge in [0.1, 0.15) is 0 Å². The van der Waals surface area contributed by atoms with Crippen LogP contribution in [0, 0.1) is 0 Å². The van der Waals surface area contributed by atoms with Crippen molar-refractivity contribution in [2.45, 2.75) is 13.2 Å². The summed E-state index contributed by atoms with van der Waals surface area (Å²) in [5.74, 6) is 0. The van der Waals surface area contributed by atoms with Gasteiger partial charge in [0.2, 0.25) is 0 Å². The van der Waals surface area contributed by atoms with E-state index in [1.54, 1.807) is 0 Å². The first kappa shape index (κ1) is 13.7. The number of aliphatic hydroxyl groups excluding tert-OH is 1. The molecule has 0 aliphatic carbocycles. The van der Waals surface area contributed by atoms with Crippen molar-refractivity contribution in [2.24, 2.45) is 0 Å². The molecule has 0 fully saturated rings. The molecule has 0 unspecified atom stereocenters. The molecule has 0 amide bonds. The Morgan fingerprint density at radius 2 is 1.85 bits per heavy atom. The summed E-state index contributed by atoms with van der Waals surface area (Å²) in [6, 6.07) is 14.0. The molecule has 0 bridgehead atoms. The number of benzene rings is 2. The number of aliphatic hydroxyl groups is 1. The van der Waals surface area contributed by atoms with E-state index in [2.05, 4.69) is 32.6 Å². The van der Waals surface area contributed by atoms with Crippen LogP contribution in [0.4, 0.5) is 0 Å². The second-order valence-corrected chi connectivity index (χ2v) is 6.08. The number of halogens is 2. The molecule has 102 valence electrons. The first-order valence-corrected chi connectivity index (χ1v) is 7.47. The Morgan fingerprint density at radius 3 is 2.55 bits per heavy atom. The average molecular weight is 351 g/mol. The van der Waals surface area contributed by atoms with Crippen LogP contribution in [-0.2, 0) is 13.2 Å². The van der Waals surface area contributed by atoms with Crippen molar-refractivity contribution in [2.75, 3.05) is 0 Å². The molecule has 0 saturated heterocycles. The lowest BCUT2D eigenvalue weighted by atomic mass is 10.2. The molecule has 0 aliphatic heterocycles. The van der Waals surface area contributed by atoms with E-state index < -0.39 is 0 Å². The van der Waals surface area contributed by atoms with Crippen LogP contribution in [-0.4, -0.2) is 9.67 Å². The minimum Gasteiger partial charge on any atom is -0.392 e. The second-order valence-electron chi connectivity index (χ2n) is 4.73. The summed E-state index contributed by atoms with van der Waals surface area (Å²) in [7, 11) is 0. The quantitative estimate of drug-likeness (QED) is 0.734. The largest absolute Gasteiger partial charge is 0.392 e. The van der Waals surface area contributed by atoms with Crippen LogP contribution >= 0.6 is 27.5 Å². The minimum absolute atomic E-state index is 0.0332. The maximum Gasteiger partial charge on any atom is 0.0702 e. The Bertz CT molecular complexity index is 749. The number of hydrogen-bond donors (Lipinski definition) is 1. The zero-order valence-electron chi connectivity index (χ0n) is 10.7. The van der Waals surface area contributed by atoms with Gasteiger partial charge in [-0.15, -0.1) is 0 Å². The highest BCUT2D eigenvalue weighted by Gasteiger charge is 2.08. The Morgan fingerprint density at radius 1 is 1.10 bits per heavy atom. The molecule has 0 atom stereocenters. The average Bonchev–Trinajstić information content (AvgIpc) is 2.79. The highest BCUT2D eigenvalue weighted by molar-refractivity contribution is 9.10. The van der Waals surface area contributed by atoms with Crippen molar-refractivity contribution in [3.63, 3.8) is 0 Å². The molecule has 2 aromatic carbocycles. The van der Waals surface area contributed by atoms with Gasteiger partial charge in [-0.05, 0) is 29.8 Å². The molecule has 1 N–H and O–H groups in total. The summed E-state index contributed by atoms with van der Waals surface area (Å²) < 4.78 is 3.19. The van der Waals surface area contributed by atoms with Gasteiger partial charge in [0.15, 0.2) is 0 Å². The lowest BCUT2D eigenvalue weighted by Gasteiger charge is -2.06. The van der Waals surface area contributed by atoms with Crippen molar-refractivity contribution in [1.82, 2.24) is 4.57 Å². The SMILES string of the molecule is OCc1cn(Cc2ccc(Br)cc2)c2cc(Cl)ccc12. The van der Waals surface area contributed by atoms with E-state index in [1.807, 2.05) is 36.5 Å². The van der Waals surface area contributed by atoms with Crippen LogP contribution in [0.15, 0.2) is 53.1 Å². The molecule has 20 heavy (non-hydrogen) atoms. The summed E-state index contributed by atoms with van der Waals surface area (Å²) in [5.41, 5.74) is 3.17. The van der Waals surface area contributed by atoms with Crippen LogP contribution in [0.5, 0.6) is 0 Å². The van der Waals surface area contributed by atoms with Crippen molar-refractivity contribution < 1.29 is 5.11 Å². The van der Waals surface area contributed by atoms with Crippen LogP contribution in [0.25, 0.3) is 10.9 Å². The summed E-state index contributed by atoms with van der Waals surface area (Å²) in [6.45, 7) is 0.787. The van der Waals surface area contributed by atoms with Crippen molar-refractivity contribution in [3.8, 4) is 0 Å². The minimum atomic E-state index is 0.0332. The fraction of sp³-hybridized carbons (Fsp3) is 0.125. The highest BCUT2D eigenvalue weighted by atomic mass is 79.9. The monoisotopic (exact) mass is 349 g/mol. The van der Waals surface area contributed by atoms with Crippen LogP contribution < -0.4 is 0 Å². The summed E-state index contributed by atoms with van der Waals surface area (Å²) in [4.78, 5) is 0. The molecule has 3 rings (SSSR count). The second kappa shape index (κ2) is 5.60. The number of hydrogen-bond acceptors (Lipinski definition) is 1. The smallest absolute Gasteiger partial charge is 0.0702 e. The molecule has 0 saturated carbocycles. The number of nitrogens with zero attached hydrogens (tertiary/aromatic N) is 1. The zero-order chi connectivity index (χ0) is 14.1. The Balaban J connectivity index is 2.06. The maximum absolute atomic E-state index is 9.47. The molecule has 4 heteroatoms. The first-order chi connectivity index (χ1) is 9.67. The summed E-state index contributed by atoms with van der Waals surface area (Å²) >= 11 is 9.52. The molecule has 0 aliphatic rings. The lowest BCUT2D eigenvalue weighted by Crippen LogP contribution is -1.97. The van der Waals surface area contributed by atoms with Gasteiger partial charge in [0.25, 0.3) is 0 Å². The maximum atomic E-state index is 9.47. The third kappa shape index (κ3) is 2.62. The van der Waals surface area contributed by atoms with E-state index in [1.165, 1.54) is 5.56 Å². The van der Waals surface area contributed by atoms with Crippen molar-refractivity contribution in [3.05, 3.63) is 69.3 Å². The number of fused-ring (bicyclic) bond motifs is 1. The topological polar surface area (TPSA) is 25.2 Å². The zero-order valence-corrected chi connectivity index (χ0v) is 13.0. The van der Waals surface area contributed by atoms with Crippen molar-refractivity contribution in [1.29, 1.82) is 0 Å². The fourth-order valence-electron chi connectivity index (χ4n) is 2.38. The van der Waals surface area contributed by atoms with Gasteiger partial charge in [-0.2, -0.15) is 0 Å². The molecule has 0 radical (unpaired) electrons. The number of rotatable bonds is 3. The number of aromatic nitrogens is 1. The Kier molecular flexibility index (Phi) is 3.83. The van der Waals surface area contributed by atoms with Gasteiger partial charge < -0.3 is 9.67 Å². The summed E-state index contributed by atoms with van der Waals surface area (Å²) in [5, 5.41) is 11.2. The van der Waals surface area contributed by atoms with Crippen LogP contribution in [0.2, 0.25) is 5.02 Å². The Labute approximate surface area is 130 Å². The standard InChI is InChI=1S/C16H13BrClNO/c17-13-3-1-11(2-4-13)8-19-9-12(10-20)15-6-5-14(18)7-16(15)19/h1-7,9,20H,8,10H2. The van der Waals surface area contributed by atoms with Crippen LogP contribution in [0.1, 0.15) is 11.1 Å². The third-order valence-corrected chi connectivity index (χ3v) is 4.13. The predicted octanol–water partition coefficient (Wildman–Crippen LogP) is 4.60. The first-order valence-electron chi connectivity index (χ1n) is 6.30. The highest BCUT2D eigenvalue weighted by Crippen LogP contribution is 2.26. The fourth-order valence-corrected chi connectivity index (χ4v) is 2.82. The predicted molar refractivity (Wildman–Crippen MR) is 86.1 cm³/mol. The van der Waals surface area contributed by atoms with E-state index in [0.29, 0.717) is 5.02 Å². The van der Waals surface area contributed by atoms with E-state index in [4.69, 9.17) is 11.6 Å². The molecular weight excluding hydrogens is 338 g/mol. The van der Waals surface area contributed by atoms with Crippen molar-refractivity contribution >= 4 is 38.4 Å². The lowest BCUT2D eigenvalue weighted by molar-refractivity contribution is 0.283. The van der Waals surface area contributed by atoms with Gasteiger partial charge in [-0.25, -0.2) is 0 Å². The van der Waals surface area contributed by atoms with Gasteiger partial charge in [-0.3, -0.25) is 0 Å². The molecule has 2 nitrogen and oxygen atoms in total. The molecule has 3 aromatic rings. The van der Waals surface area contributed by atoms with E-state index in [-0.39, 0.29) is 6.61 Å². The molecule has 0 spiro atoms. The molecular formula is C16H13BrClNO. The van der Waals surface area contributed by atoms with E-state index in [9.17, 15) is 5.11 Å². The summed E-state index contributed by atoms with van der Waals surface area (Å²) in [6.07, 6.45) is 1.99. The normalized spacial score (nSPS) is 11.2. The van der Waals surface area contributed by atoms with Gasteiger partial charge in [0, 0.05) is 33.2 Å². The molecule has 1 heterocycles. The van der Waals surface area contributed by atoms with Crippen LogP contribution in [0.3, 0.4) is 0 Å².